The van der Waals surface area contributed by atoms with Gasteiger partial charge in [0, 0.05) is 18.4 Å². The van der Waals surface area contributed by atoms with Crippen LogP contribution in [0, 0.1) is 42.2 Å². The van der Waals surface area contributed by atoms with Crippen molar-refractivity contribution in [2.24, 2.45) is 35.5 Å². The zero-order valence-corrected chi connectivity index (χ0v) is 17.7. The Morgan fingerprint density at radius 2 is 1.82 bits per heavy atom. The van der Waals surface area contributed by atoms with Crippen LogP contribution < -0.4 is 0 Å². The zero-order valence-electron chi connectivity index (χ0n) is 17.7. The van der Waals surface area contributed by atoms with Crippen molar-refractivity contribution in [3.05, 3.63) is 44.4 Å². The second-order valence-electron chi connectivity index (χ2n) is 9.16. The first-order valence-electron chi connectivity index (χ1n) is 10.8. The Morgan fingerprint density at radius 1 is 1.11 bits per heavy atom. The standard InChI is InChI=1S/C24H36N2O2/c1-6-20-14-21(7-2)22(15-20)24(27)28-11-10-25-8-9-26(16-25)23-18(4)12-17(3)13-19(23)5/h6-9,17-23H,1-2,10-15H2,3-5H3/t17?,18-,19?,20?,21?,22?,23?/m1/s1. The normalized spacial score (nSPS) is 37.9. The molecule has 4 heteroatoms. The van der Waals surface area contributed by atoms with Gasteiger partial charge in [0.1, 0.15) is 6.61 Å². The lowest BCUT2D eigenvalue weighted by molar-refractivity contribution is -0.149. The van der Waals surface area contributed by atoms with Crippen molar-refractivity contribution in [3.8, 4) is 0 Å². The maximum absolute atomic E-state index is 12.5. The van der Waals surface area contributed by atoms with Crippen molar-refractivity contribution in [1.29, 1.82) is 0 Å². The summed E-state index contributed by atoms with van der Waals surface area (Å²) in [6, 6.07) is 0.502. The van der Waals surface area contributed by atoms with E-state index < -0.39 is 0 Å². The number of carbonyl (C=O) groups is 1. The molecule has 2 radical (unpaired) electrons. The van der Waals surface area contributed by atoms with E-state index in [9.17, 15) is 4.79 Å². The lowest BCUT2D eigenvalue weighted by atomic mass is 9.73. The molecular formula is C24H36N2O2. The van der Waals surface area contributed by atoms with E-state index in [0.717, 1.165) is 18.8 Å². The van der Waals surface area contributed by atoms with Crippen molar-refractivity contribution >= 4 is 5.97 Å². The smallest absolute Gasteiger partial charge is 0.309 e. The molecule has 4 nitrogen and oxygen atoms in total. The SMILES string of the molecule is C=CC1CC(C=C)C(C(=O)OCCN2[C]N(C3C(C)CC(C)C[C@H]3C)C=C2)C1. The summed E-state index contributed by atoms with van der Waals surface area (Å²) < 4.78 is 5.59. The minimum atomic E-state index is -0.0993. The third kappa shape index (κ3) is 4.64. The van der Waals surface area contributed by atoms with E-state index in [1.54, 1.807) is 0 Å². The van der Waals surface area contributed by atoms with Crippen LogP contribution in [0.4, 0.5) is 0 Å². The van der Waals surface area contributed by atoms with Crippen molar-refractivity contribution in [3.63, 3.8) is 0 Å². The summed E-state index contributed by atoms with van der Waals surface area (Å²) in [6.45, 7) is 19.3. The molecule has 2 aliphatic carbocycles. The molecule has 0 amide bonds. The molecule has 0 bridgehead atoms. The van der Waals surface area contributed by atoms with Gasteiger partial charge in [-0.05, 0) is 55.3 Å². The van der Waals surface area contributed by atoms with Crippen molar-refractivity contribution < 1.29 is 9.53 Å². The van der Waals surface area contributed by atoms with Gasteiger partial charge >= 0.3 is 5.97 Å². The Bertz CT molecular complexity index is 589. The topological polar surface area (TPSA) is 32.8 Å². The number of esters is 1. The summed E-state index contributed by atoms with van der Waals surface area (Å²) >= 11 is 0. The minimum absolute atomic E-state index is 0.0787. The number of allylic oxidation sites excluding steroid dienone is 2. The van der Waals surface area contributed by atoms with Crippen LogP contribution in [0.25, 0.3) is 0 Å². The van der Waals surface area contributed by atoms with Crippen LogP contribution in [0.15, 0.2) is 37.7 Å². The van der Waals surface area contributed by atoms with Crippen LogP contribution in [0.1, 0.15) is 46.5 Å². The highest BCUT2D eigenvalue weighted by Gasteiger charge is 2.38. The summed E-state index contributed by atoms with van der Waals surface area (Å²) in [7, 11) is 0. The first-order chi connectivity index (χ1) is 13.4. The molecular weight excluding hydrogens is 348 g/mol. The lowest BCUT2D eigenvalue weighted by Crippen LogP contribution is -2.44. The Morgan fingerprint density at radius 3 is 2.46 bits per heavy atom. The van der Waals surface area contributed by atoms with Gasteiger partial charge in [0.2, 0.25) is 6.67 Å². The molecule has 0 spiro atoms. The molecule has 0 aromatic heterocycles. The van der Waals surface area contributed by atoms with Crippen molar-refractivity contribution in [2.45, 2.75) is 52.5 Å². The molecule has 1 heterocycles. The highest BCUT2D eigenvalue weighted by Crippen LogP contribution is 2.39. The van der Waals surface area contributed by atoms with E-state index in [1.165, 1.54) is 12.8 Å². The molecule has 3 aliphatic rings. The van der Waals surface area contributed by atoms with Gasteiger partial charge in [-0.25, -0.2) is 0 Å². The van der Waals surface area contributed by atoms with Gasteiger partial charge in [0.05, 0.1) is 12.5 Å². The number of rotatable bonds is 7. The van der Waals surface area contributed by atoms with Gasteiger partial charge in [-0.3, -0.25) is 4.79 Å². The number of carbonyl (C=O) groups excluding carboxylic acids is 1. The summed E-state index contributed by atoms with van der Waals surface area (Å²) in [6.07, 6.45) is 12.3. The molecule has 0 aromatic rings. The van der Waals surface area contributed by atoms with Crippen LogP contribution in [-0.4, -0.2) is 35.0 Å². The van der Waals surface area contributed by atoms with Gasteiger partial charge in [-0.1, -0.05) is 32.9 Å². The van der Waals surface area contributed by atoms with Gasteiger partial charge in [0.15, 0.2) is 0 Å². The van der Waals surface area contributed by atoms with Crippen LogP contribution in [0.3, 0.4) is 0 Å². The summed E-state index contributed by atoms with van der Waals surface area (Å²) in [4.78, 5) is 16.8. The molecule has 0 saturated heterocycles. The van der Waals surface area contributed by atoms with Crippen LogP contribution in [0.2, 0.25) is 0 Å². The maximum atomic E-state index is 12.5. The quantitative estimate of drug-likeness (QED) is 0.470. The molecule has 0 aromatic carbocycles. The molecule has 1 aliphatic heterocycles. The molecule has 2 fully saturated rings. The Kier molecular flexibility index (Phi) is 6.90. The van der Waals surface area contributed by atoms with Gasteiger partial charge in [-0.2, -0.15) is 0 Å². The molecule has 154 valence electrons. The van der Waals surface area contributed by atoms with E-state index in [1.807, 2.05) is 23.3 Å². The largest absolute Gasteiger partial charge is 0.464 e. The van der Waals surface area contributed by atoms with Crippen molar-refractivity contribution in [1.82, 2.24) is 9.80 Å². The molecule has 6 unspecified atom stereocenters. The van der Waals surface area contributed by atoms with E-state index in [0.29, 0.717) is 36.9 Å². The third-order valence-corrected chi connectivity index (χ3v) is 6.85. The van der Waals surface area contributed by atoms with Crippen LogP contribution >= 0.6 is 0 Å². The Hall–Kier alpha value is -1.71. The number of ether oxygens (including phenoxy) is 1. The predicted octanol–water partition coefficient (Wildman–Crippen LogP) is 4.70. The molecule has 28 heavy (non-hydrogen) atoms. The second kappa shape index (κ2) is 9.19. The number of hydrogen-bond acceptors (Lipinski definition) is 4. The Balaban J connectivity index is 1.43. The summed E-state index contributed by atoms with van der Waals surface area (Å²) in [5.41, 5.74) is 0. The van der Waals surface area contributed by atoms with E-state index in [2.05, 4.69) is 51.7 Å². The highest BCUT2D eigenvalue weighted by atomic mass is 16.5. The fourth-order valence-corrected chi connectivity index (χ4v) is 5.60. The van der Waals surface area contributed by atoms with Crippen LogP contribution in [0.5, 0.6) is 0 Å². The van der Waals surface area contributed by atoms with Gasteiger partial charge in [-0.15, -0.1) is 13.2 Å². The minimum Gasteiger partial charge on any atom is -0.464 e. The van der Waals surface area contributed by atoms with Gasteiger partial charge < -0.3 is 14.5 Å². The average Bonchev–Trinajstić information content (AvgIpc) is 3.27. The van der Waals surface area contributed by atoms with E-state index in [4.69, 9.17) is 4.74 Å². The average molecular weight is 385 g/mol. The molecule has 7 atom stereocenters. The first-order valence-corrected chi connectivity index (χ1v) is 10.8. The molecule has 0 N–H and O–H groups in total. The predicted molar refractivity (Wildman–Crippen MR) is 112 cm³/mol. The Labute approximate surface area is 171 Å². The third-order valence-electron chi connectivity index (χ3n) is 6.85. The van der Waals surface area contributed by atoms with Crippen LogP contribution in [-0.2, 0) is 9.53 Å². The van der Waals surface area contributed by atoms with Gasteiger partial charge in [0.25, 0.3) is 0 Å². The fraction of sp³-hybridized carbons (Fsp3) is 0.667. The number of nitrogens with zero attached hydrogens (tertiary/aromatic N) is 2. The second-order valence-corrected chi connectivity index (χ2v) is 9.16. The maximum Gasteiger partial charge on any atom is 0.309 e. The summed E-state index contributed by atoms with van der Waals surface area (Å²) in [5.74, 6) is 2.53. The monoisotopic (exact) mass is 384 g/mol. The zero-order chi connectivity index (χ0) is 20.3. The molecule has 2 saturated carbocycles. The number of hydrogen-bond donors (Lipinski definition) is 0. The first kappa shape index (κ1) is 21.0. The van der Waals surface area contributed by atoms with E-state index >= 15 is 0 Å². The highest BCUT2D eigenvalue weighted by molar-refractivity contribution is 5.73. The lowest BCUT2D eigenvalue weighted by Gasteiger charge is -2.42. The van der Waals surface area contributed by atoms with E-state index in [-0.39, 0.29) is 17.8 Å². The fourth-order valence-electron chi connectivity index (χ4n) is 5.60. The van der Waals surface area contributed by atoms with Crippen molar-refractivity contribution in [2.75, 3.05) is 13.2 Å². The molecule has 3 rings (SSSR count). The summed E-state index contributed by atoms with van der Waals surface area (Å²) in [5, 5.41) is 0.